The average molecular weight is 237 g/mol. The summed E-state index contributed by atoms with van der Waals surface area (Å²) < 4.78 is 18.8. The molecule has 1 unspecified atom stereocenters. The van der Waals surface area contributed by atoms with Crippen LogP contribution in [0.4, 0.5) is 0 Å². The Morgan fingerprint density at radius 2 is 1.50 bits per heavy atom. The smallest absolute Gasteiger partial charge is 1.00 e. The molecule has 0 aliphatic rings. The van der Waals surface area contributed by atoms with Gasteiger partial charge in [0.1, 0.15) is 0 Å². The molecule has 0 aliphatic heterocycles. The Bertz CT molecular complexity index is 220. The Kier molecular flexibility index (Phi) is 15.0. The van der Waals surface area contributed by atoms with E-state index in [0.717, 1.165) is 0 Å². The maximum Gasteiger partial charge on any atom is 2.00 e. The summed E-state index contributed by atoms with van der Waals surface area (Å²) in [6.45, 7) is 0. The Hall–Kier alpha value is 0.676. The number of hydrogen-bond donors (Lipinski definition) is 1. The second-order valence-corrected chi connectivity index (χ2v) is 2.53. The van der Waals surface area contributed by atoms with E-state index in [9.17, 15) is 4.21 Å². The van der Waals surface area contributed by atoms with Crippen LogP contribution in [0.3, 0.4) is 0 Å². The van der Waals surface area contributed by atoms with Crippen molar-refractivity contribution in [1.82, 2.24) is 0 Å². The van der Waals surface area contributed by atoms with Crippen LogP contribution in [0, 0.1) is 0 Å². The van der Waals surface area contributed by atoms with E-state index in [1.54, 1.807) is 30.3 Å². The van der Waals surface area contributed by atoms with Crippen molar-refractivity contribution in [1.29, 1.82) is 0 Å². The summed E-state index contributed by atoms with van der Waals surface area (Å²) in [5.74, 6) is 0. The fourth-order valence-corrected chi connectivity index (χ4v) is 0.927. The van der Waals surface area contributed by atoms with Gasteiger partial charge in [-0.1, -0.05) is 18.2 Å². The third kappa shape index (κ3) is 6.22. The minimum atomic E-state index is -1.83. The minimum Gasteiger partial charge on any atom is -1.00 e. The van der Waals surface area contributed by atoms with Crippen LogP contribution < -0.4 is 24.8 Å². The van der Waals surface area contributed by atoms with Gasteiger partial charge in [0.05, 0.1) is 4.90 Å². The Balaban J connectivity index is -0.000000270. The normalized spacial score (nSPS) is 9.75. The van der Waals surface area contributed by atoms with Gasteiger partial charge in [0.25, 0.3) is 0 Å². The Morgan fingerprint density at radius 1 is 1.08 bits per heavy atom. The molecule has 0 heterocycles. The standard InChI is InChI=1S/C6H6O2S.2ClH.Mg/c7-9(8)6-4-2-1-3-5-6;;;/h1-5H,(H,7,8);2*1H;/q;;;+2/p-2. The molecule has 1 aromatic rings. The van der Waals surface area contributed by atoms with Crippen LogP contribution in [-0.4, -0.2) is 31.8 Å². The maximum atomic E-state index is 10.3. The number of benzene rings is 1. The largest absolute Gasteiger partial charge is 2.00 e. The first-order valence-corrected chi connectivity index (χ1v) is 3.57. The molecule has 0 radical (unpaired) electrons. The zero-order valence-electron chi connectivity index (χ0n) is 6.11. The van der Waals surface area contributed by atoms with E-state index in [0.29, 0.717) is 4.90 Å². The van der Waals surface area contributed by atoms with Crippen molar-refractivity contribution in [2.45, 2.75) is 4.90 Å². The predicted molar refractivity (Wildman–Crippen MR) is 41.2 cm³/mol. The summed E-state index contributed by atoms with van der Waals surface area (Å²) >= 11 is -1.83. The average Bonchev–Trinajstić information content (AvgIpc) is 1.90. The van der Waals surface area contributed by atoms with Crippen LogP contribution in [0.1, 0.15) is 0 Å². The molecule has 2 nitrogen and oxygen atoms in total. The molecule has 6 heteroatoms. The van der Waals surface area contributed by atoms with Gasteiger partial charge in [-0.2, -0.15) is 0 Å². The molecule has 0 saturated carbocycles. The van der Waals surface area contributed by atoms with Gasteiger partial charge in [-0.15, -0.1) is 0 Å². The third-order valence-electron chi connectivity index (χ3n) is 0.945. The molecule has 1 N–H and O–H groups in total. The molecular weight excluding hydrogens is 231 g/mol. The van der Waals surface area contributed by atoms with E-state index in [2.05, 4.69) is 0 Å². The summed E-state index contributed by atoms with van der Waals surface area (Å²) in [5, 5.41) is 0. The zero-order chi connectivity index (χ0) is 6.69. The van der Waals surface area contributed by atoms with Gasteiger partial charge in [-0.05, 0) is 12.1 Å². The summed E-state index contributed by atoms with van der Waals surface area (Å²) in [7, 11) is 0. The van der Waals surface area contributed by atoms with Crippen LogP contribution in [0.5, 0.6) is 0 Å². The van der Waals surface area contributed by atoms with Crippen molar-refractivity contribution in [3.63, 3.8) is 0 Å². The second-order valence-electron chi connectivity index (χ2n) is 1.56. The molecule has 64 valence electrons. The quantitative estimate of drug-likeness (QED) is 0.392. The van der Waals surface area contributed by atoms with Crippen molar-refractivity contribution in [2.75, 3.05) is 0 Å². The van der Waals surface area contributed by atoms with Crippen molar-refractivity contribution in [2.24, 2.45) is 0 Å². The number of halogens is 2. The van der Waals surface area contributed by atoms with Gasteiger partial charge in [0.15, 0.2) is 11.1 Å². The van der Waals surface area contributed by atoms with Gasteiger partial charge in [-0.25, -0.2) is 4.21 Å². The fraction of sp³-hybridized carbons (Fsp3) is 0. The first-order valence-electron chi connectivity index (χ1n) is 2.46. The van der Waals surface area contributed by atoms with E-state index in [1.807, 2.05) is 0 Å². The molecule has 0 spiro atoms. The molecule has 0 saturated heterocycles. The Morgan fingerprint density at radius 3 is 1.75 bits per heavy atom. The van der Waals surface area contributed by atoms with Crippen LogP contribution in [-0.2, 0) is 11.1 Å². The van der Waals surface area contributed by atoms with Crippen LogP contribution in [0.25, 0.3) is 0 Å². The molecule has 0 aromatic heterocycles. The summed E-state index contributed by atoms with van der Waals surface area (Å²) in [6, 6.07) is 8.47. The first kappa shape index (κ1) is 18.5. The van der Waals surface area contributed by atoms with Crippen molar-refractivity contribution >= 4 is 34.1 Å². The summed E-state index contributed by atoms with van der Waals surface area (Å²) in [6.07, 6.45) is 0. The van der Waals surface area contributed by atoms with Gasteiger partial charge >= 0.3 is 23.1 Å². The number of hydrogen-bond acceptors (Lipinski definition) is 1. The van der Waals surface area contributed by atoms with E-state index in [1.165, 1.54) is 0 Å². The van der Waals surface area contributed by atoms with Crippen molar-refractivity contribution in [3.8, 4) is 0 Å². The molecule has 1 aromatic carbocycles. The monoisotopic (exact) mass is 236 g/mol. The summed E-state index contributed by atoms with van der Waals surface area (Å²) in [4.78, 5) is 0.442. The topological polar surface area (TPSA) is 37.3 Å². The van der Waals surface area contributed by atoms with E-state index in [4.69, 9.17) is 4.55 Å². The van der Waals surface area contributed by atoms with E-state index >= 15 is 0 Å². The molecule has 0 aliphatic carbocycles. The molecule has 1 rings (SSSR count). The van der Waals surface area contributed by atoms with E-state index < -0.39 is 11.1 Å². The van der Waals surface area contributed by atoms with Crippen LogP contribution in [0.2, 0.25) is 0 Å². The molecule has 12 heavy (non-hydrogen) atoms. The SMILES string of the molecule is O=S(O)c1ccccc1.[Cl-].[Cl-].[Mg+2]. The predicted octanol–water partition coefficient (Wildman–Crippen LogP) is -5.11. The fourth-order valence-electron chi connectivity index (χ4n) is 0.537. The second kappa shape index (κ2) is 9.76. The molecular formula is C6H6Cl2MgO2S. The van der Waals surface area contributed by atoms with Crippen molar-refractivity contribution in [3.05, 3.63) is 30.3 Å². The maximum absolute atomic E-state index is 10.3. The van der Waals surface area contributed by atoms with Crippen molar-refractivity contribution < 1.29 is 33.6 Å². The first-order chi connectivity index (χ1) is 4.30. The van der Waals surface area contributed by atoms with Crippen LogP contribution >= 0.6 is 0 Å². The van der Waals surface area contributed by atoms with Gasteiger partial charge in [-0.3, -0.25) is 0 Å². The zero-order valence-corrected chi connectivity index (χ0v) is 9.86. The van der Waals surface area contributed by atoms with Gasteiger partial charge < -0.3 is 29.4 Å². The third-order valence-corrected chi connectivity index (χ3v) is 1.62. The summed E-state index contributed by atoms with van der Waals surface area (Å²) in [5.41, 5.74) is 0. The molecule has 0 bridgehead atoms. The molecule has 0 amide bonds. The van der Waals surface area contributed by atoms with E-state index in [-0.39, 0.29) is 47.9 Å². The van der Waals surface area contributed by atoms with Crippen LogP contribution in [0.15, 0.2) is 35.2 Å². The van der Waals surface area contributed by atoms with Gasteiger partial charge in [0, 0.05) is 0 Å². The molecule has 0 fully saturated rings. The number of rotatable bonds is 1. The molecule has 1 atom stereocenters. The minimum absolute atomic E-state index is 0. The van der Waals surface area contributed by atoms with Gasteiger partial charge in [0.2, 0.25) is 0 Å². The Labute approximate surface area is 102 Å².